The first-order valence-electron chi connectivity index (χ1n) is 4.93. The lowest BCUT2D eigenvalue weighted by molar-refractivity contribution is 0.414. The molecule has 0 aliphatic carbocycles. The van der Waals surface area contributed by atoms with Crippen molar-refractivity contribution in [2.75, 3.05) is 7.11 Å². The molecule has 0 fully saturated rings. The van der Waals surface area contributed by atoms with Gasteiger partial charge in [-0.1, -0.05) is 12.1 Å². The predicted molar refractivity (Wildman–Crippen MR) is 60.6 cm³/mol. The monoisotopic (exact) mass is 216 g/mol. The molecule has 0 bridgehead atoms. The maximum absolute atomic E-state index is 11.4. The summed E-state index contributed by atoms with van der Waals surface area (Å²) in [4.78, 5) is 15.4. The summed E-state index contributed by atoms with van der Waals surface area (Å²) in [6.45, 7) is 0.524. The Balaban J connectivity index is 2.21. The Morgan fingerprint density at radius 2 is 2.00 bits per heavy atom. The summed E-state index contributed by atoms with van der Waals surface area (Å²) in [6, 6.07) is 9.05. The van der Waals surface area contributed by atoms with E-state index < -0.39 is 0 Å². The molecule has 0 radical (unpaired) electrons. The van der Waals surface area contributed by atoms with Crippen molar-refractivity contribution >= 4 is 0 Å². The second kappa shape index (κ2) is 4.61. The highest BCUT2D eigenvalue weighted by Gasteiger charge is 1.97. The largest absolute Gasteiger partial charge is 0.497 e. The second-order valence-electron chi connectivity index (χ2n) is 3.39. The fourth-order valence-electron chi connectivity index (χ4n) is 1.42. The van der Waals surface area contributed by atoms with E-state index in [4.69, 9.17) is 4.74 Å². The SMILES string of the molecule is COc1ccc(Cn2cnccc2=O)cc1. The van der Waals surface area contributed by atoms with Gasteiger partial charge in [0.1, 0.15) is 5.75 Å². The molecule has 0 amide bonds. The van der Waals surface area contributed by atoms with Crippen LogP contribution in [-0.2, 0) is 6.54 Å². The molecule has 0 spiro atoms. The van der Waals surface area contributed by atoms with Crippen LogP contribution in [0, 0.1) is 0 Å². The first-order valence-corrected chi connectivity index (χ1v) is 4.93. The lowest BCUT2D eigenvalue weighted by atomic mass is 10.2. The number of methoxy groups -OCH3 is 1. The van der Waals surface area contributed by atoms with Crippen molar-refractivity contribution in [3.8, 4) is 5.75 Å². The van der Waals surface area contributed by atoms with Gasteiger partial charge in [-0.2, -0.15) is 0 Å². The quantitative estimate of drug-likeness (QED) is 0.776. The van der Waals surface area contributed by atoms with Gasteiger partial charge in [-0.05, 0) is 17.7 Å². The molecule has 4 nitrogen and oxygen atoms in total. The number of ether oxygens (including phenoxy) is 1. The molecule has 4 heteroatoms. The normalized spacial score (nSPS) is 10.1. The molecule has 0 saturated heterocycles. The fraction of sp³-hybridized carbons (Fsp3) is 0.167. The van der Waals surface area contributed by atoms with Gasteiger partial charge in [-0.25, -0.2) is 4.98 Å². The first kappa shape index (κ1) is 10.4. The maximum atomic E-state index is 11.4. The van der Waals surface area contributed by atoms with Crippen molar-refractivity contribution in [2.45, 2.75) is 6.54 Å². The lowest BCUT2D eigenvalue weighted by Gasteiger charge is -2.05. The molecule has 1 aromatic carbocycles. The number of nitrogens with zero attached hydrogens (tertiary/aromatic N) is 2. The van der Waals surface area contributed by atoms with Gasteiger partial charge in [0.05, 0.1) is 20.0 Å². The molecule has 2 aromatic rings. The third-order valence-corrected chi connectivity index (χ3v) is 2.30. The summed E-state index contributed by atoms with van der Waals surface area (Å²) >= 11 is 0. The van der Waals surface area contributed by atoms with Crippen LogP contribution in [0.2, 0.25) is 0 Å². The van der Waals surface area contributed by atoms with Crippen LogP contribution < -0.4 is 10.3 Å². The van der Waals surface area contributed by atoms with Crippen molar-refractivity contribution in [3.05, 3.63) is 58.8 Å². The van der Waals surface area contributed by atoms with Gasteiger partial charge < -0.3 is 4.74 Å². The van der Waals surface area contributed by atoms with Crippen LogP contribution in [0.25, 0.3) is 0 Å². The average Bonchev–Trinajstić information content (AvgIpc) is 2.33. The van der Waals surface area contributed by atoms with Crippen LogP contribution in [0.3, 0.4) is 0 Å². The van der Waals surface area contributed by atoms with Gasteiger partial charge in [0.15, 0.2) is 0 Å². The summed E-state index contributed by atoms with van der Waals surface area (Å²) in [6.07, 6.45) is 3.03. The van der Waals surface area contributed by atoms with E-state index in [1.807, 2.05) is 24.3 Å². The van der Waals surface area contributed by atoms with E-state index in [0.717, 1.165) is 11.3 Å². The summed E-state index contributed by atoms with van der Waals surface area (Å²) < 4.78 is 6.62. The summed E-state index contributed by atoms with van der Waals surface area (Å²) in [5.41, 5.74) is 0.988. The van der Waals surface area contributed by atoms with Gasteiger partial charge in [-0.15, -0.1) is 0 Å². The van der Waals surface area contributed by atoms with Crippen LogP contribution in [0.1, 0.15) is 5.56 Å². The lowest BCUT2D eigenvalue weighted by Crippen LogP contribution is -2.19. The summed E-state index contributed by atoms with van der Waals surface area (Å²) in [5.74, 6) is 0.808. The van der Waals surface area contributed by atoms with E-state index in [9.17, 15) is 4.79 Å². The Morgan fingerprint density at radius 1 is 1.25 bits per heavy atom. The Bertz CT molecular complexity index is 517. The van der Waals surface area contributed by atoms with Crippen LogP contribution in [-0.4, -0.2) is 16.7 Å². The number of benzene rings is 1. The highest BCUT2D eigenvalue weighted by Crippen LogP contribution is 2.11. The molecular formula is C12H12N2O2. The molecule has 2 rings (SSSR count). The Kier molecular flexibility index (Phi) is 3.00. The molecule has 0 saturated carbocycles. The third-order valence-electron chi connectivity index (χ3n) is 2.30. The van der Waals surface area contributed by atoms with E-state index in [1.165, 1.54) is 18.6 Å². The summed E-state index contributed by atoms with van der Waals surface area (Å²) in [5, 5.41) is 0. The molecule has 0 aliphatic heterocycles. The zero-order valence-electron chi connectivity index (χ0n) is 8.96. The van der Waals surface area contributed by atoms with Gasteiger partial charge in [0.25, 0.3) is 5.56 Å². The molecule has 16 heavy (non-hydrogen) atoms. The minimum absolute atomic E-state index is 0.0502. The predicted octanol–water partition coefficient (Wildman–Crippen LogP) is 1.30. The molecule has 0 aliphatic rings. The van der Waals surface area contributed by atoms with E-state index in [2.05, 4.69) is 4.98 Å². The first-order chi connectivity index (χ1) is 7.79. The molecule has 1 heterocycles. The standard InChI is InChI=1S/C12H12N2O2/c1-16-11-4-2-10(3-5-11)8-14-9-13-7-6-12(14)15/h2-7,9H,8H2,1H3. The second-order valence-corrected chi connectivity index (χ2v) is 3.39. The molecule has 0 N–H and O–H groups in total. The number of hydrogen-bond acceptors (Lipinski definition) is 3. The molecule has 1 aromatic heterocycles. The van der Waals surface area contributed by atoms with Crippen LogP contribution in [0.5, 0.6) is 5.75 Å². The molecular weight excluding hydrogens is 204 g/mol. The average molecular weight is 216 g/mol. The zero-order chi connectivity index (χ0) is 11.4. The highest BCUT2D eigenvalue weighted by atomic mass is 16.5. The molecule has 0 atom stereocenters. The van der Waals surface area contributed by atoms with E-state index >= 15 is 0 Å². The van der Waals surface area contributed by atoms with Gasteiger partial charge >= 0.3 is 0 Å². The van der Waals surface area contributed by atoms with Crippen LogP contribution in [0.4, 0.5) is 0 Å². The number of hydrogen-bond donors (Lipinski definition) is 0. The maximum Gasteiger partial charge on any atom is 0.253 e. The van der Waals surface area contributed by atoms with Crippen LogP contribution in [0.15, 0.2) is 47.7 Å². The van der Waals surface area contributed by atoms with Crippen LogP contribution >= 0.6 is 0 Å². The van der Waals surface area contributed by atoms with E-state index in [-0.39, 0.29) is 5.56 Å². The topological polar surface area (TPSA) is 44.1 Å². The minimum Gasteiger partial charge on any atom is -0.497 e. The molecule has 82 valence electrons. The molecule has 0 unspecified atom stereocenters. The van der Waals surface area contributed by atoms with Crippen molar-refractivity contribution in [2.24, 2.45) is 0 Å². The Hall–Kier alpha value is -2.10. The van der Waals surface area contributed by atoms with Crippen molar-refractivity contribution < 1.29 is 4.74 Å². The number of rotatable bonds is 3. The van der Waals surface area contributed by atoms with E-state index in [0.29, 0.717) is 6.54 Å². The fourth-order valence-corrected chi connectivity index (χ4v) is 1.42. The zero-order valence-corrected chi connectivity index (χ0v) is 8.96. The Labute approximate surface area is 93.1 Å². The van der Waals surface area contributed by atoms with Crippen molar-refractivity contribution in [3.63, 3.8) is 0 Å². The van der Waals surface area contributed by atoms with Gasteiger partial charge in [-0.3, -0.25) is 9.36 Å². The van der Waals surface area contributed by atoms with Gasteiger partial charge in [0.2, 0.25) is 0 Å². The number of aromatic nitrogens is 2. The smallest absolute Gasteiger partial charge is 0.253 e. The summed E-state index contributed by atoms with van der Waals surface area (Å²) in [7, 11) is 1.63. The Morgan fingerprint density at radius 3 is 2.62 bits per heavy atom. The third kappa shape index (κ3) is 2.28. The van der Waals surface area contributed by atoms with Crippen molar-refractivity contribution in [1.29, 1.82) is 0 Å². The minimum atomic E-state index is -0.0502. The van der Waals surface area contributed by atoms with E-state index in [1.54, 1.807) is 11.7 Å². The van der Waals surface area contributed by atoms with Crippen molar-refractivity contribution in [1.82, 2.24) is 9.55 Å². The highest BCUT2D eigenvalue weighted by molar-refractivity contribution is 5.27. The van der Waals surface area contributed by atoms with Gasteiger partial charge in [0, 0.05) is 12.3 Å².